The van der Waals surface area contributed by atoms with Crippen molar-refractivity contribution in [3.05, 3.63) is 47.9 Å². The zero-order chi connectivity index (χ0) is 18.0. The predicted molar refractivity (Wildman–Crippen MR) is 100 cm³/mol. The second-order valence-corrected chi connectivity index (χ2v) is 6.80. The summed E-state index contributed by atoms with van der Waals surface area (Å²) in [4.78, 5) is 27.4. The number of benzene rings is 1. The minimum Gasteiger partial charge on any atom is -0.378 e. The van der Waals surface area contributed by atoms with Gasteiger partial charge in [-0.1, -0.05) is 12.1 Å². The van der Waals surface area contributed by atoms with Crippen LogP contribution < -0.4 is 9.80 Å². The van der Waals surface area contributed by atoms with E-state index in [1.54, 1.807) is 12.4 Å². The molecule has 1 aliphatic rings. The normalized spacial score (nSPS) is 16.8. The summed E-state index contributed by atoms with van der Waals surface area (Å²) in [6, 6.07) is 8.50. The van der Waals surface area contributed by atoms with Crippen LogP contribution in [0.4, 0.5) is 11.5 Å². The smallest absolute Gasteiger partial charge is 0.274 e. The minimum atomic E-state index is -0.0458. The lowest BCUT2D eigenvalue weighted by Crippen LogP contribution is -2.31. The van der Waals surface area contributed by atoms with Gasteiger partial charge in [-0.2, -0.15) is 0 Å². The number of nitrogens with zero attached hydrogens (tertiary/aromatic N) is 5. The minimum absolute atomic E-state index is 0.0458. The number of hydrogen-bond donors (Lipinski definition) is 0. The van der Waals surface area contributed by atoms with Crippen molar-refractivity contribution >= 4 is 17.4 Å². The van der Waals surface area contributed by atoms with Crippen LogP contribution in [0.15, 0.2) is 36.7 Å². The first-order valence-electron chi connectivity index (χ1n) is 8.55. The first-order chi connectivity index (χ1) is 12.0. The summed E-state index contributed by atoms with van der Waals surface area (Å²) in [7, 11) is 7.86. The molecule has 2 heterocycles. The molecule has 25 heavy (non-hydrogen) atoms. The Hall–Kier alpha value is -2.63. The average Bonchev–Trinajstić information content (AvgIpc) is 3.11. The van der Waals surface area contributed by atoms with Gasteiger partial charge in [0, 0.05) is 40.4 Å². The largest absolute Gasteiger partial charge is 0.378 e. The number of rotatable bonds is 4. The van der Waals surface area contributed by atoms with Crippen molar-refractivity contribution in [3.8, 4) is 0 Å². The van der Waals surface area contributed by atoms with Gasteiger partial charge in [-0.15, -0.1) is 0 Å². The predicted octanol–water partition coefficient (Wildman–Crippen LogP) is 2.59. The molecule has 0 bridgehead atoms. The van der Waals surface area contributed by atoms with Crippen LogP contribution in [0.3, 0.4) is 0 Å². The van der Waals surface area contributed by atoms with Gasteiger partial charge in [0.2, 0.25) is 0 Å². The molecule has 1 fully saturated rings. The molecular weight excluding hydrogens is 314 g/mol. The number of carbonyl (C=O) groups excluding carboxylic acids is 1. The third-order valence-corrected chi connectivity index (χ3v) is 4.60. The molecule has 1 unspecified atom stereocenters. The summed E-state index contributed by atoms with van der Waals surface area (Å²) < 4.78 is 0. The van der Waals surface area contributed by atoms with E-state index in [4.69, 9.17) is 0 Å². The van der Waals surface area contributed by atoms with E-state index in [1.807, 2.05) is 38.0 Å². The van der Waals surface area contributed by atoms with E-state index in [0.29, 0.717) is 5.69 Å². The fourth-order valence-corrected chi connectivity index (χ4v) is 3.18. The Morgan fingerprint density at radius 2 is 1.92 bits per heavy atom. The number of likely N-dealkylation sites (tertiary alicyclic amines) is 1. The molecule has 3 rings (SSSR count). The SMILES string of the molecule is CN(C)c1cccc(C2CCCN2C(=O)c2cnc(N(C)C)cn2)c1. The molecule has 6 heteroatoms. The van der Waals surface area contributed by atoms with Crippen LogP contribution in [0.5, 0.6) is 0 Å². The number of amides is 1. The highest BCUT2D eigenvalue weighted by Crippen LogP contribution is 2.34. The molecule has 0 N–H and O–H groups in total. The van der Waals surface area contributed by atoms with E-state index in [1.165, 1.54) is 5.56 Å². The highest BCUT2D eigenvalue weighted by molar-refractivity contribution is 5.92. The maximum atomic E-state index is 12.9. The summed E-state index contributed by atoms with van der Waals surface area (Å²) in [5.74, 6) is 0.698. The van der Waals surface area contributed by atoms with Crippen LogP contribution in [0, 0.1) is 0 Å². The van der Waals surface area contributed by atoms with E-state index >= 15 is 0 Å². The molecule has 1 aromatic carbocycles. The molecule has 1 aliphatic heterocycles. The molecule has 0 spiro atoms. The second kappa shape index (κ2) is 7.09. The molecule has 1 atom stereocenters. The van der Waals surface area contributed by atoms with E-state index in [0.717, 1.165) is 30.9 Å². The molecule has 1 saturated heterocycles. The van der Waals surface area contributed by atoms with Crippen LogP contribution in [0.1, 0.15) is 34.9 Å². The lowest BCUT2D eigenvalue weighted by Gasteiger charge is -2.26. The van der Waals surface area contributed by atoms with Gasteiger partial charge >= 0.3 is 0 Å². The molecule has 6 nitrogen and oxygen atoms in total. The van der Waals surface area contributed by atoms with E-state index < -0.39 is 0 Å². The van der Waals surface area contributed by atoms with Gasteiger partial charge in [-0.05, 0) is 30.5 Å². The Morgan fingerprint density at radius 1 is 1.12 bits per heavy atom. The van der Waals surface area contributed by atoms with E-state index in [-0.39, 0.29) is 11.9 Å². The van der Waals surface area contributed by atoms with E-state index in [2.05, 4.69) is 39.1 Å². The van der Waals surface area contributed by atoms with Crippen molar-refractivity contribution in [1.82, 2.24) is 14.9 Å². The van der Waals surface area contributed by atoms with Gasteiger partial charge in [0.05, 0.1) is 18.4 Å². The highest BCUT2D eigenvalue weighted by atomic mass is 16.2. The molecule has 0 radical (unpaired) electrons. The average molecular weight is 339 g/mol. The molecule has 2 aromatic rings. The third-order valence-electron chi connectivity index (χ3n) is 4.60. The number of aromatic nitrogens is 2. The molecule has 1 aromatic heterocycles. The standard InChI is InChI=1S/C19H25N5O/c1-22(2)15-8-5-7-14(11-15)17-9-6-10-24(17)19(25)16-12-21-18(13-20-16)23(3)4/h5,7-8,11-13,17H,6,9-10H2,1-4H3. The zero-order valence-corrected chi connectivity index (χ0v) is 15.3. The fourth-order valence-electron chi connectivity index (χ4n) is 3.18. The highest BCUT2D eigenvalue weighted by Gasteiger charge is 2.31. The summed E-state index contributed by atoms with van der Waals surface area (Å²) in [5, 5.41) is 0. The maximum absolute atomic E-state index is 12.9. The lowest BCUT2D eigenvalue weighted by molar-refractivity contribution is 0.0729. The van der Waals surface area contributed by atoms with Crippen LogP contribution in [0.25, 0.3) is 0 Å². The first-order valence-corrected chi connectivity index (χ1v) is 8.55. The van der Waals surface area contributed by atoms with Crippen molar-refractivity contribution < 1.29 is 4.79 Å². The molecule has 0 aliphatic carbocycles. The monoisotopic (exact) mass is 339 g/mol. The van der Waals surface area contributed by atoms with Crippen molar-refractivity contribution in [2.75, 3.05) is 44.5 Å². The number of anilines is 2. The van der Waals surface area contributed by atoms with Crippen molar-refractivity contribution in [2.24, 2.45) is 0 Å². The topological polar surface area (TPSA) is 52.6 Å². The first kappa shape index (κ1) is 17.2. The van der Waals surface area contributed by atoms with Crippen LogP contribution in [-0.4, -0.2) is 55.5 Å². The van der Waals surface area contributed by atoms with Crippen molar-refractivity contribution in [3.63, 3.8) is 0 Å². The van der Waals surface area contributed by atoms with Gasteiger partial charge in [-0.3, -0.25) is 4.79 Å². The van der Waals surface area contributed by atoms with Gasteiger partial charge in [0.25, 0.3) is 5.91 Å². The maximum Gasteiger partial charge on any atom is 0.274 e. The van der Waals surface area contributed by atoms with Gasteiger partial charge in [0.15, 0.2) is 0 Å². The summed E-state index contributed by atoms with van der Waals surface area (Å²) in [6.45, 7) is 0.757. The van der Waals surface area contributed by atoms with Crippen molar-refractivity contribution in [2.45, 2.75) is 18.9 Å². The molecule has 132 valence electrons. The molecule has 0 saturated carbocycles. The van der Waals surface area contributed by atoms with E-state index in [9.17, 15) is 4.79 Å². The Bertz CT molecular complexity index is 742. The third kappa shape index (κ3) is 3.57. The van der Waals surface area contributed by atoms with Gasteiger partial charge in [-0.25, -0.2) is 9.97 Å². The molecular formula is C19H25N5O. The Balaban J connectivity index is 1.83. The number of hydrogen-bond acceptors (Lipinski definition) is 5. The lowest BCUT2D eigenvalue weighted by atomic mass is 10.0. The van der Waals surface area contributed by atoms with Crippen molar-refractivity contribution in [1.29, 1.82) is 0 Å². The zero-order valence-electron chi connectivity index (χ0n) is 15.3. The Morgan fingerprint density at radius 3 is 2.56 bits per heavy atom. The van der Waals surface area contributed by atoms with Crippen LogP contribution in [0.2, 0.25) is 0 Å². The van der Waals surface area contributed by atoms with Crippen LogP contribution >= 0.6 is 0 Å². The summed E-state index contributed by atoms with van der Waals surface area (Å²) in [5.41, 5.74) is 2.73. The quantitative estimate of drug-likeness (QED) is 0.857. The van der Waals surface area contributed by atoms with Gasteiger partial charge in [0.1, 0.15) is 11.5 Å². The van der Waals surface area contributed by atoms with Gasteiger partial charge < -0.3 is 14.7 Å². The molecule has 1 amide bonds. The summed E-state index contributed by atoms with van der Waals surface area (Å²) >= 11 is 0. The summed E-state index contributed by atoms with van der Waals surface area (Å²) in [6.07, 6.45) is 5.20. The number of carbonyl (C=O) groups is 1. The Labute approximate surface area is 149 Å². The van der Waals surface area contributed by atoms with Crippen LogP contribution in [-0.2, 0) is 0 Å². The fraction of sp³-hybridized carbons (Fsp3) is 0.421. The Kier molecular flexibility index (Phi) is 4.88. The second-order valence-electron chi connectivity index (χ2n) is 6.80.